The Morgan fingerprint density at radius 2 is 2.05 bits per heavy atom. The molecule has 21 heavy (non-hydrogen) atoms. The highest BCUT2D eigenvalue weighted by Crippen LogP contribution is 2.12. The van der Waals surface area contributed by atoms with E-state index in [-0.39, 0.29) is 6.61 Å². The monoisotopic (exact) mass is 287 g/mol. The number of aromatic nitrogens is 2. The third-order valence-corrected chi connectivity index (χ3v) is 2.64. The summed E-state index contributed by atoms with van der Waals surface area (Å²) >= 11 is 0. The highest BCUT2D eigenvalue weighted by Gasteiger charge is 2.05. The maximum absolute atomic E-state index is 11.0. The zero-order valence-corrected chi connectivity index (χ0v) is 11.7. The van der Waals surface area contributed by atoms with Crippen LogP contribution in [0.1, 0.15) is 11.3 Å². The standard InChI is InChI=1S/C14H17N5O2/c1-10-7-13(21-9-12(20)19-15)18-14(17-10)16-8-11-5-3-2-4-6-11/h2-7H,8-9,15H2,1H3,(H,19,20)(H,16,17,18). The second-order valence-corrected chi connectivity index (χ2v) is 4.37. The van der Waals surface area contributed by atoms with Crippen LogP contribution in [0.4, 0.5) is 5.95 Å². The number of ether oxygens (including phenoxy) is 1. The largest absolute Gasteiger partial charge is 0.467 e. The van der Waals surface area contributed by atoms with E-state index in [1.165, 1.54) is 0 Å². The molecule has 1 amide bonds. The summed E-state index contributed by atoms with van der Waals surface area (Å²) in [5.74, 6) is 5.32. The van der Waals surface area contributed by atoms with Gasteiger partial charge in [0.15, 0.2) is 6.61 Å². The minimum Gasteiger partial charge on any atom is -0.467 e. The Kier molecular flexibility index (Phi) is 5.05. The Balaban J connectivity index is 1.99. The molecule has 1 aromatic heterocycles. The molecular weight excluding hydrogens is 270 g/mol. The lowest BCUT2D eigenvalue weighted by Gasteiger charge is -2.09. The zero-order chi connectivity index (χ0) is 15.1. The highest BCUT2D eigenvalue weighted by atomic mass is 16.5. The summed E-state index contributed by atoms with van der Waals surface area (Å²) in [5.41, 5.74) is 3.85. The van der Waals surface area contributed by atoms with Crippen LogP contribution in [0.15, 0.2) is 36.4 Å². The van der Waals surface area contributed by atoms with Crippen molar-refractivity contribution in [1.82, 2.24) is 15.4 Å². The van der Waals surface area contributed by atoms with Gasteiger partial charge in [0.05, 0.1) is 0 Å². The number of hydrazine groups is 1. The van der Waals surface area contributed by atoms with Crippen LogP contribution in [0.2, 0.25) is 0 Å². The van der Waals surface area contributed by atoms with Gasteiger partial charge in [-0.25, -0.2) is 10.8 Å². The molecule has 4 N–H and O–H groups in total. The summed E-state index contributed by atoms with van der Waals surface area (Å²) < 4.78 is 5.25. The number of anilines is 1. The number of nitrogens with zero attached hydrogens (tertiary/aromatic N) is 2. The van der Waals surface area contributed by atoms with Crippen molar-refractivity contribution < 1.29 is 9.53 Å². The number of nitrogens with one attached hydrogen (secondary N) is 2. The van der Waals surface area contributed by atoms with E-state index in [1.807, 2.05) is 42.7 Å². The van der Waals surface area contributed by atoms with Gasteiger partial charge >= 0.3 is 0 Å². The Hall–Kier alpha value is -2.67. The average molecular weight is 287 g/mol. The van der Waals surface area contributed by atoms with E-state index in [0.717, 1.165) is 11.3 Å². The number of aryl methyl sites for hydroxylation is 1. The number of benzene rings is 1. The first-order chi connectivity index (χ1) is 10.2. The predicted octanol–water partition coefficient (Wildman–Crippen LogP) is 0.766. The number of carbonyl (C=O) groups is 1. The Morgan fingerprint density at radius 3 is 2.76 bits per heavy atom. The van der Waals surface area contributed by atoms with E-state index < -0.39 is 5.91 Å². The van der Waals surface area contributed by atoms with Gasteiger partial charge in [0.1, 0.15) is 0 Å². The van der Waals surface area contributed by atoms with E-state index in [0.29, 0.717) is 18.4 Å². The van der Waals surface area contributed by atoms with E-state index in [4.69, 9.17) is 10.6 Å². The fraction of sp³-hybridized carbons (Fsp3) is 0.214. The van der Waals surface area contributed by atoms with Crippen LogP contribution in [0, 0.1) is 6.92 Å². The average Bonchev–Trinajstić information content (AvgIpc) is 2.51. The Labute approximate surface area is 122 Å². The maximum atomic E-state index is 11.0. The Morgan fingerprint density at radius 1 is 1.29 bits per heavy atom. The van der Waals surface area contributed by atoms with Crippen LogP contribution in [0.3, 0.4) is 0 Å². The SMILES string of the molecule is Cc1cc(OCC(=O)NN)nc(NCc2ccccc2)n1. The first-order valence-electron chi connectivity index (χ1n) is 6.43. The molecule has 1 aromatic carbocycles. The molecule has 0 spiro atoms. The molecule has 0 atom stereocenters. The molecule has 0 aliphatic heterocycles. The summed E-state index contributed by atoms with van der Waals surface area (Å²) in [7, 11) is 0. The predicted molar refractivity (Wildman–Crippen MR) is 78.4 cm³/mol. The molecule has 7 heteroatoms. The molecule has 7 nitrogen and oxygen atoms in total. The van der Waals surface area contributed by atoms with Crippen molar-refractivity contribution in [3.05, 3.63) is 47.7 Å². The zero-order valence-electron chi connectivity index (χ0n) is 11.7. The van der Waals surface area contributed by atoms with Crippen LogP contribution in [0.25, 0.3) is 0 Å². The fourth-order valence-electron chi connectivity index (χ4n) is 1.65. The van der Waals surface area contributed by atoms with Gasteiger partial charge in [0, 0.05) is 18.3 Å². The van der Waals surface area contributed by atoms with Crippen molar-refractivity contribution in [2.24, 2.45) is 5.84 Å². The highest BCUT2D eigenvalue weighted by molar-refractivity contribution is 5.76. The first-order valence-corrected chi connectivity index (χ1v) is 6.43. The van der Waals surface area contributed by atoms with Crippen molar-refractivity contribution in [1.29, 1.82) is 0 Å². The van der Waals surface area contributed by atoms with Gasteiger partial charge in [-0.15, -0.1) is 0 Å². The number of hydrogen-bond donors (Lipinski definition) is 3. The summed E-state index contributed by atoms with van der Waals surface area (Å²) in [6.45, 7) is 2.24. The lowest BCUT2D eigenvalue weighted by atomic mass is 10.2. The molecule has 0 saturated heterocycles. The third kappa shape index (κ3) is 4.73. The molecule has 0 unspecified atom stereocenters. The van der Waals surface area contributed by atoms with Crippen molar-refractivity contribution >= 4 is 11.9 Å². The van der Waals surface area contributed by atoms with Crippen LogP contribution in [-0.2, 0) is 11.3 Å². The Bertz CT molecular complexity index is 604. The second-order valence-electron chi connectivity index (χ2n) is 4.37. The first kappa shape index (κ1) is 14.7. The van der Waals surface area contributed by atoms with Gasteiger partial charge < -0.3 is 10.1 Å². The molecule has 0 radical (unpaired) electrons. The molecule has 0 bridgehead atoms. The van der Waals surface area contributed by atoms with E-state index in [1.54, 1.807) is 6.07 Å². The van der Waals surface area contributed by atoms with Crippen molar-refractivity contribution in [2.45, 2.75) is 13.5 Å². The molecule has 0 aliphatic rings. The smallest absolute Gasteiger partial charge is 0.271 e. The molecule has 0 aliphatic carbocycles. The molecule has 0 fully saturated rings. The minimum absolute atomic E-state index is 0.189. The van der Waals surface area contributed by atoms with Crippen LogP contribution >= 0.6 is 0 Å². The van der Waals surface area contributed by atoms with Crippen molar-refractivity contribution in [3.8, 4) is 5.88 Å². The van der Waals surface area contributed by atoms with Crippen LogP contribution in [0.5, 0.6) is 5.88 Å². The molecular formula is C14H17N5O2. The number of nitrogens with two attached hydrogens (primary N) is 1. The molecule has 1 heterocycles. The second kappa shape index (κ2) is 7.20. The molecule has 2 rings (SSSR count). The van der Waals surface area contributed by atoms with Gasteiger partial charge in [0.2, 0.25) is 11.8 Å². The summed E-state index contributed by atoms with van der Waals surface area (Å²) in [6, 6.07) is 11.6. The van der Waals surface area contributed by atoms with E-state index >= 15 is 0 Å². The van der Waals surface area contributed by atoms with E-state index in [2.05, 4.69) is 15.3 Å². The van der Waals surface area contributed by atoms with Gasteiger partial charge in [-0.2, -0.15) is 4.98 Å². The number of rotatable bonds is 6. The van der Waals surface area contributed by atoms with Crippen LogP contribution in [-0.4, -0.2) is 22.5 Å². The molecule has 2 aromatic rings. The molecule has 110 valence electrons. The number of carbonyl (C=O) groups excluding carboxylic acids is 1. The van der Waals surface area contributed by atoms with Gasteiger partial charge in [-0.05, 0) is 12.5 Å². The van der Waals surface area contributed by atoms with Gasteiger partial charge in [-0.1, -0.05) is 30.3 Å². The number of hydrogen-bond acceptors (Lipinski definition) is 6. The number of amides is 1. The molecule has 0 saturated carbocycles. The lowest BCUT2D eigenvalue weighted by Crippen LogP contribution is -2.34. The normalized spacial score (nSPS) is 10.0. The fourth-order valence-corrected chi connectivity index (χ4v) is 1.65. The lowest BCUT2D eigenvalue weighted by molar-refractivity contribution is -0.123. The van der Waals surface area contributed by atoms with Gasteiger partial charge in [-0.3, -0.25) is 10.2 Å². The topological polar surface area (TPSA) is 102 Å². The summed E-state index contributed by atoms with van der Waals surface area (Å²) in [6.07, 6.45) is 0. The van der Waals surface area contributed by atoms with Crippen LogP contribution < -0.4 is 21.3 Å². The van der Waals surface area contributed by atoms with Crippen molar-refractivity contribution in [2.75, 3.05) is 11.9 Å². The maximum Gasteiger partial charge on any atom is 0.271 e. The summed E-state index contributed by atoms with van der Waals surface area (Å²) in [4.78, 5) is 19.5. The van der Waals surface area contributed by atoms with Gasteiger partial charge in [0.25, 0.3) is 5.91 Å². The summed E-state index contributed by atoms with van der Waals surface area (Å²) in [5, 5.41) is 3.12. The van der Waals surface area contributed by atoms with Crippen molar-refractivity contribution in [3.63, 3.8) is 0 Å². The third-order valence-electron chi connectivity index (χ3n) is 2.64. The minimum atomic E-state index is -0.426. The van der Waals surface area contributed by atoms with E-state index in [9.17, 15) is 4.79 Å². The quantitative estimate of drug-likeness (QED) is 0.412.